The zero-order chi connectivity index (χ0) is 22.1. The molecular formula is C21H23N7O2S. The molecule has 2 heterocycles. The summed E-state index contributed by atoms with van der Waals surface area (Å²) in [6.07, 6.45) is 1.68. The van der Waals surface area contributed by atoms with Crippen LogP contribution < -0.4 is 14.9 Å². The number of aromatic nitrogens is 4. The Hall–Kier alpha value is -3.50. The van der Waals surface area contributed by atoms with Crippen molar-refractivity contribution in [2.75, 3.05) is 22.0 Å². The lowest BCUT2D eigenvalue weighted by Gasteiger charge is -2.19. The number of hydrogen-bond acceptors (Lipinski definition) is 6. The second-order valence-electron chi connectivity index (χ2n) is 7.21. The zero-order valence-corrected chi connectivity index (χ0v) is 18.4. The molecular weight excluding hydrogens is 414 g/mol. The van der Waals surface area contributed by atoms with Gasteiger partial charge in [-0.15, -0.1) is 0 Å². The summed E-state index contributed by atoms with van der Waals surface area (Å²) in [7, 11) is 3.87. The number of nitrogens with one attached hydrogen (secondary N) is 2. The maximum Gasteiger partial charge on any atom is 0.259 e. The lowest BCUT2D eigenvalue weighted by molar-refractivity contribution is 0.570. The lowest BCUT2D eigenvalue weighted by Crippen LogP contribution is -2.12. The SMILES string of the molecule is Cc1ccc(Nc2nccc(N(C)c3ccc4c(C)n(C)nc4c3)n2)cc1NS(=O)O. The molecule has 2 aromatic heterocycles. The van der Waals surface area contributed by atoms with Gasteiger partial charge in [0.2, 0.25) is 5.95 Å². The number of anilines is 5. The first kappa shape index (κ1) is 20.8. The van der Waals surface area contributed by atoms with E-state index in [0.717, 1.165) is 27.8 Å². The van der Waals surface area contributed by atoms with Crippen LogP contribution in [0.1, 0.15) is 11.3 Å². The van der Waals surface area contributed by atoms with Crippen molar-refractivity contribution in [1.82, 2.24) is 19.7 Å². The number of aryl methyl sites for hydroxylation is 3. The highest BCUT2D eigenvalue weighted by Gasteiger charge is 2.11. The summed E-state index contributed by atoms with van der Waals surface area (Å²) in [4.78, 5) is 10.9. The molecule has 31 heavy (non-hydrogen) atoms. The van der Waals surface area contributed by atoms with Crippen molar-refractivity contribution in [2.45, 2.75) is 13.8 Å². The Kier molecular flexibility index (Phi) is 5.57. The molecule has 0 spiro atoms. The highest BCUT2D eigenvalue weighted by molar-refractivity contribution is 7.80. The third-order valence-electron chi connectivity index (χ3n) is 5.18. The van der Waals surface area contributed by atoms with Crippen molar-refractivity contribution < 1.29 is 8.76 Å². The number of hydrogen-bond donors (Lipinski definition) is 3. The minimum Gasteiger partial charge on any atom is -0.329 e. The molecule has 0 aliphatic heterocycles. The van der Waals surface area contributed by atoms with Gasteiger partial charge in [0.1, 0.15) is 5.82 Å². The summed E-state index contributed by atoms with van der Waals surface area (Å²) in [6.45, 7) is 3.90. The van der Waals surface area contributed by atoms with E-state index in [9.17, 15) is 4.21 Å². The van der Waals surface area contributed by atoms with E-state index in [0.29, 0.717) is 23.1 Å². The van der Waals surface area contributed by atoms with Crippen LogP contribution in [0.15, 0.2) is 48.7 Å². The zero-order valence-electron chi connectivity index (χ0n) is 17.6. The van der Waals surface area contributed by atoms with Crippen LogP contribution in [0.25, 0.3) is 10.9 Å². The van der Waals surface area contributed by atoms with Gasteiger partial charge in [-0.05, 0) is 55.8 Å². The maximum absolute atomic E-state index is 11.1. The van der Waals surface area contributed by atoms with E-state index in [2.05, 4.69) is 31.2 Å². The van der Waals surface area contributed by atoms with Crippen molar-refractivity contribution >= 4 is 51.0 Å². The van der Waals surface area contributed by atoms with Crippen LogP contribution in [0, 0.1) is 13.8 Å². The molecule has 1 atom stereocenters. The molecule has 0 amide bonds. The van der Waals surface area contributed by atoms with Gasteiger partial charge in [-0.2, -0.15) is 10.1 Å². The van der Waals surface area contributed by atoms with Crippen LogP contribution in [0.2, 0.25) is 0 Å². The van der Waals surface area contributed by atoms with Gasteiger partial charge in [0.05, 0.1) is 11.2 Å². The molecule has 0 aliphatic carbocycles. The second kappa shape index (κ2) is 8.32. The number of rotatable bonds is 6. The normalized spacial score (nSPS) is 12.0. The van der Waals surface area contributed by atoms with Gasteiger partial charge in [-0.25, -0.2) is 9.19 Å². The smallest absolute Gasteiger partial charge is 0.259 e. The van der Waals surface area contributed by atoms with Gasteiger partial charge in [0.15, 0.2) is 0 Å². The minimum atomic E-state index is -2.15. The molecule has 0 saturated carbocycles. The first-order valence-corrected chi connectivity index (χ1v) is 10.7. The van der Waals surface area contributed by atoms with Gasteiger partial charge < -0.3 is 10.2 Å². The van der Waals surface area contributed by atoms with Crippen LogP contribution in [0.4, 0.5) is 28.8 Å². The first-order chi connectivity index (χ1) is 14.8. The summed E-state index contributed by atoms with van der Waals surface area (Å²) >= 11 is -2.15. The Bertz CT molecular complexity index is 1290. The molecule has 0 radical (unpaired) electrons. The Morgan fingerprint density at radius 2 is 1.94 bits per heavy atom. The summed E-state index contributed by atoms with van der Waals surface area (Å²) < 4.78 is 24.6. The molecule has 4 aromatic rings. The largest absolute Gasteiger partial charge is 0.329 e. The molecule has 9 nitrogen and oxygen atoms in total. The van der Waals surface area contributed by atoms with Crippen LogP contribution in [0.5, 0.6) is 0 Å². The van der Waals surface area contributed by atoms with E-state index < -0.39 is 11.3 Å². The standard InChI is InChI=1S/C21H23N7O2S/c1-13-5-6-15(11-18(13)26-31(29)30)23-21-22-10-9-20(24-21)27(3)16-7-8-17-14(2)28(4)25-19(17)12-16/h5-12,26H,1-4H3,(H,29,30)(H,22,23,24). The summed E-state index contributed by atoms with van der Waals surface area (Å²) in [5.74, 6) is 1.13. The predicted octanol–water partition coefficient (Wildman–Crippen LogP) is 4.04. The molecule has 2 aromatic carbocycles. The number of nitrogens with zero attached hydrogens (tertiary/aromatic N) is 5. The van der Waals surface area contributed by atoms with Gasteiger partial charge in [0, 0.05) is 42.7 Å². The van der Waals surface area contributed by atoms with E-state index in [4.69, 9.17) is 4.55 Å². The van der Waals surface area contributed by atoms with Gasteiger partial charge >= 0.3 is 0 Å². The third-order valence-corrected chi connectivity index (χ3v) is 5.57. The average Bonchev–Trinajstić information content (AvgIpc) is 3.03. The fraction of sp³-hybridized carbons (Fsp3) is 0.190. The fourth-order valence-electron chi connectivity index (χ4n) is 3.29. The highest BCUT2D eigenvalue weighted by Crippen LogP contribution is 2.28. The van der Waals surface area contributed by atoms with Gasteiger partial charge in [0.25, 0.3) is 11.3 Å². The number of benzene rings is 2. The van der Waals surface area contributed by atoms with E-state index in [-0.39, 0.29) is 0 Å². The van der Waals surface area contributed by atoms with Crippen molar-refractivity contribution in [3.05, 3.63) is 59.9 Å². The monoisotopic (exact) mass is 437 g/mol. The van der Waals surface area contributed by atoms with Crippen molar-refractivity contribution in [3.63, 3.8) is 0 Å². The molecule has 1 unspecified atom stereocenters. The van der Waals surface area contributed by atoms with Crippen LogP contribution >= 0.6 is 0 Å². The Balaban J connectivity index is 1.59. The van der Waals surface area contributed by atoms with Crippen molar-refractivity contribution in [2.24, 2.45) is 7.05 Å². The van der Waals surface area contributed by atoms with Crippen molar-refractivity contribution in [3.8, 4) is 0 Å². The molecule has 0 bridgehead atoms. The number of fused-ring (bicyclic) bond motifs is 1. The first-order valence-electron chi connectivity index (χ1n) is 9.57. The summed E-state index contributed by atoms with van der Waals surface area (Å²) in [5.41, 5.74) is 5.11. The Morgan fingerprint density at radius 1 is 1.13 bits per heavy atom. The molecule has 0 aliphatic rings. The van der Waals surface area contributed by atoms with Crippen LogP contribution in [0.3, 0.4) is 0 Å². The third kappa shape index (κ3) is 4.35. The highest BCUT2D eigenvalue weighted by atomic mass is 32.2. The molecule has 3 N–H and O–H groups in total. The molecule has 0 fully saturated rings. The Labute approximate surface area is 182 Å². The van der Waals surface area contributed by atoms with Gasteiger partial charge in [-0.3, -0.25) is 14.0 Å². The molecule has 4 rings (SSSR count). The average molecular weight is 438 g/mol. The molecule has 160 valence electrons. The fourth-order valence-corrected chi connectivity index (χ4v) is 3.70. The predicted molar refractivity (Wildman–Crippen MR) is 124 cm³/mol. The molecule has 0 saturated heterocycles. The van der Waals surface area contributed by atoms with Crippen molar-refractivity contribution in [1.29, 1.82) is 0 Å². The van der Waals surface area contributed by atoms with E-state index in [1.54, 1.807) is 12.3 Å². The minimum absolute atomic E-state index is 0.416. The van der Waals surface area contributed by atoms with Gasteiger partial charge in [-0.1, -0.05) is 6.07 Å². The van der Waals surface area contributed by atoms with Crippen LogP contribution in [-0.4, -0.2) is 35.6 Å². The topological polar surface area (TPSA) is 108 Å². The van der Waals surface area contributed by atoms with E-state index in [1.165, 1.54) is 0 Å². The Morgan fingerprint density at radius 3 is 2.71 bits per heavy atom. The molecule has 10 heteroatoms. The van der Waals surface area contributed by atoms with Crippen LogP contribution in [-0.2, 0) is 18.3 Å². The maximum atomic E-state index is 11.1. The summed E-state index contributed by atoms with van der Waals surface area (Å²) in [5, 5.41) is 8.83. The summed E-state index contributed by atoms with van der Waals surface area (Å²) in [6, 6.07) is 13.4. The second-order valence-corrected chi connectivity index (χ2v) is 7.92. The van der Waals surface area contributed by atoms with E-state index in [1.807, 2.05) is 67.9 Å². The quantitative estimate of drug-likeness (QED) is 0.391. The van der Waals surface area contributed by atoms with E-state index >= 15 is 0 Å². The lowest BCUT2D eigenvalue weighted by atomic mass is 10.2.